The van der Waals surface area contributed by atoms with Crippen LogP contribution in [0.15, 0.2) is 0 Å². The van der Waals surface area contributed by atoms with E-state index < -0.39 is 0 Å². The molecule has 3 unspecified atom stereocenters. The summed E-state index contributed by atoms with van der Waals surface area (Å²) in [5.41, 5.74) is 0. The number of nitrogens with one attached hydrogen (secondary N) is 2. The molecule has 1 aliphatic heterocycles. The van der Waals surface area contributed by atoms with E-state index in [2.05, 4.69) is 38.3 Å². The largest absolute Gasteiger partial charge is 0.352 e. The third-order valence-corrected chi connectivity index (χ3v) is 4.06. The molecule has 1 fully saturated rings. The molecule has 0 aliphatic carbocycles. The Bertz CT molecular complexity index is 238. The Labute approximate surface area is 106 Å². The van der Waals surface area contributed by atoms with E-state index in [4.69, 9.17) is 0 Å². The Balaban J connectivity index is 2.42. The molecule has 3 nitrogen and oxygen atoms in total. The number of amides is 1. The molecule has 0 aromatic rings. The first kappa shape index (κ1) is 14.5. The van der Waals surface area contributed by atoms with Gasteiger partial charge in [0.1, 0.15) is 0 Å². The Morgan fingerprint density at radius 3 is 2.53 bits per heavy atom. The van der Waals surface area contributed by atoms with Crippen LogP contribution in [0.3, 0.4) is 0 Å². The van der Waals surface area contributed by atoms with E-state index in [0.717, 1.165) is 25.7 Å². The molecule has 1 amide bonds. The zero-order valence-corrected chi connectivity index (χ0v) is 11.8. The van der Waals surface area contributed by atoms with Gasteiger partial charge in [0.05, 0.1) is 6.04 Å². The van der Waals surface area contributed by atoms with Crippen molar-refractivity contribution in [3.05, 3.63) is 0 Å². The van der Waals surface area contributed by atoms with Gasteiger partial charge in [0.2, 0.25) is 5.91 Å². The second-order valence-electron chi connectivity index (χ2n) is 5.43. The quantitative estimate of drug-likeness (QED) is 0.775. The molecule has 17 heavy (non-hydrogen) atoms. The second kappa shape index (κ2) is 7.00. The molecular weight excluding hydrogens is 212 g/mol. The van der Waals surface area contributed by atoms with Crippen LogP contribution in [0.25, 0.3) is 0 Å². The molecule has 1 heterocycles. The van der Waals surface area contributed by atoms with E-state index >= 15 is 0 Å². The van der Waals surface area contributed by atoms with Crippen molar-refractivity contribution in [2.75, 3.05) is 0 Å². The smallest absolute Gasteiger partial charge is 0.237 e. The number of hydrogen-bond donors (Lipinski definition) is 2. The first-order chi connectivity index (χ1) is 8.08. The van der Waals surface area contributed by atoms with Gasteiger partial charge in [0, 0.05) is 12.1 Å². The third kappa shape index (κ3) is 4.30. The fourth-order valence-corrected chi connectivity index (χ4v) is 2.78. The molecule has 0 aromatic heterocycles. The molecule has 0 saturated carbocycles. The number of carbonyl (C=O) groups is 1. The maximum absolute atomic E-state index is 12.1. The highest BCUT2D eigenvalue weighted by atomic mass is 16.2. The van der Waals surface area contributed by atoms with Crippen molar-refractivity contribution in [3.8, 4) is 0 Å². The van der Waals surface area contributed by atoms with E-state index in [1.807, 2.05) is 0 Å². The van der Waals surface area contributed by atoms with Gasteiger partial charge in [-0.1, -0.05) is 26.7 Å². The first-order valence-electron chi connectivity index (χ1n) is 7.14. The molecule has 100 valence electrons. The Kier molecular flexibility index (Phi) is 5.96. The van der Waals surface area contributed by atoms with Crippen LogP contribution in [-0.4, -0.2) is 24.0 Å². The van der Waals surface area contributed by atoms with E-state index in [9.17, 15) is 4.79 Å². The molecular formula is C14H28N2O. The van der Waals surface area contributed by atoms with Gasteiger partial charge in [-0.2, -0.15) is 0 Å². The third-order valence-electron chi connectivity index (χ3n) is 4.06. The molecule has 0 radical (unpaired) electrons. The van der Waals surface area contributed by atoms with Crippen LogP contribution in [-0.2, 0) is 4.79 Å². The second-order valence-corrected chi connectivity index (χ2v) is 5.43. The van der Waals surface area contributed by atoms with Gasteiger partial charge in [-0.15, -0.1) is 0 Å². The first-order valence-corrected chi connectivity index (χ1v) is 7.14. The molecule has 1 aliphatic rings. The van der Waals surface area contributed by atoms with Crippen LogP contribution in [0.5, 0.6) is 0 Å². The monoisotopic (exact) mass is 240 g/mol. The molecule has 0 aromatic carbocycles. The Morgan fingerprint density at radius 2 is 2.00 bits per heavy atom. The number of piperidine rings is 1. The lowest BCUT2D eigenvalue weighted by atomic mass is 9.94. The summed E-state index contributed by atoms with van der Waals surface area (Å²) in [6.45, 7) is 8.67. The fraction of sp³-hybridized carbons (Fsp3) is 0.929. The maximum atomic E-state index is 12.1. The van der Waals surface area contributed by atoms with Crippen LogP contribution in [0, 0.1) is 5.92 Å². The predicted molar refractivity (Wildman–Crippen MR) is 71.9 cm³/mol. The fourth-order valence-electron chi connectivity index (χ4n) is 2.78. The summed E-state index contributed by atoms with van der Waals surface area (Å²) >= 11 is 0. The minimum atomic E-state index is 0.0237. The normalized spacial score (nSPS) is 26.9. The van der Waals surface area contributed by atoms with Crippen molar-refractivity contribution in [3.63, 3.8) is 0 Å². The summed E-state index contributed by atoms with van der Waals surface area (Å²) in [7, 11) is 0. The number of carbonyl (C=O) groups excluding carboxylic acids is 1. The number of hydrogen-bond acceptors (Lipinski definition) is 2. The van der Waals surface area contributed by atoms with Crippen LogP contribution in [0.1, 0.15) is 59.8 Å². The summed E-state index contributed by atoms with van der Waals surface area (Å²) in [6, 6.07) is 0.787. The predicted octanol–water partition coefficient (Wildman–Crippen LogP) is 2.46. The van der Waals surface area contributed by atoms with Crippen molar-refractivity contribution in [1.29, 1.82) is 0 Å². The van der Waals surface area contributed by atoms with E-state index in [-0.39, 0.29) is 18.0 Å². The SMILES string of the molecule is CCC(CC)C(C)NC(=O)C1CCCC(C)N1. The summed E-state index contributed by atoms with van der Waals surface area (Å²) in [5.74, 6) is 0.788. The van der Waals surface area contributed by atoms with Crippen molar-refractivity contribution < 1.29 is 4.79 Å². The van der Waals surface area contributed by atoms with E-state index in [1.54, 1.807) is 0 Å². The molecule has 3 atom stereocenters. The highest BCUT2D eigenvalue weighted by Gasteiger charge is 2.26. The zero-order chi connectivity index (χ0) is 12.8. The van der Waals surface area contributed by atoms with Gasteiger partial charge >= 0.3 is 0 Å². The van der Waals surface area contributed by atoms with Gasteiger partial charge in [-0.05, 0) is 39.0 Å². The van der Waals surface area contributed by atoms with E-state index in [0.29, 0.717) is 12.0 Å². The molecule has 0 spiro atoms. The van der Waals surface area contributed by atoms with Gasteiger partial charge in [0.25, 0.3) is 0 Å². The maximum Gasteiger partial charge on any atom is 0.237 e. The minimum Gasteiger partial charge on any atom is -0.352 e. The summed E-state index contributed by atoms with van der Waals surface area (Å²) in [6.07, 6.45) is 5.59. The minimum absolute atomic E-state index is 0.0237. The average molecular weight is 240 g/mol. The highest BCUT2D eigenvalue weighted by Crippen LogP contribution is 2.15. The van der Waals surface area contributed by atoms with Crippen LogP contribution >= 0.6 is 0 Å². The van der Waals surface area contributed by atoms with Crippen LogP contribution < -0.4 is 10.6 Å². The van der Waals surface area contributed by atoms with Crippen molar-refractivity contribution in [1.82, 2.24) is 10.6 Å². The Morgan fingerprint density at radius 1 is 1.35 bits per heavy atom. The lowest BCUT2D eigenvalue weighted by Gasteiger charge is -2.30. The summed E-state index contributed by atoms with van der Waals surface area (Å²) in [5, 5.41) is 6.56. The summed E-state index contributed by atoms with van der Waals surface area (Å²) in [4.78, 5) is 12.1. The topological polar surface area (TPSA) is 41.1 Å². The van der Waals surface area contributed by atoms with Crippen LogP contribution in [0.4, 0.5) is 0 Å². The van der Waals surface area contributed by atoms with Gasteiger partial charge < -0.3 is 10.6 Å². The molecule has 2 N–H and O–H groups in total. The van der Waals surface area contributed by atoms with Crippen molar-refractivity contribution >= 4 is 5.91 Å². The van der Waals surface area contributed by atoms with Crippen molar-refractivity contribution in [2.45, 2.75) is 77.9 Å². The van der Waals surface area contributed by atoms with E-state index in [1.165, 1.54) is 6.42 Å². The molecule has 0 bridgehead atoms. The number of rotatable bonds is 5. The van der Waals surface area contributed by atoms with Gasteiger partial charge in [-0.3, -0.25) is 4.79 Å². The molecule has 1 saturated heterocycles. The Hall–Kier alpha value is -0.570. The lowest BCUT2D eigenvalue weighted by molar-refractivity contribution is -0.125. The molecule has 3 heteroatoms. The van der Waals surface area contributed by atoms with Crippen LogP contribution in [0.2, 0.25) is 0 Å². The zero-order valence-electron chi connectivity index (χ0n) is 11.8. The van der Waals surface area contributed by atoms with Gasteiger partial charge in [-0.25, -0.2) is 0 Å². The van der Waals surface area contributed by atoms with Crippen molar-refractivity contribution in [2.24, 2.45) is 5.92 Å². The summed E-state index contributed by atoms with van der Waals surface area (Å²) < 4.78 is 0. The van der Waals surface area contributed by atoms with Gasteiger partial charge in [0.15, 0.2) is 0 Å². The average Bonchev–Trinajstić information content (AvgIpc) is 2.30. The lowest BCUT2D eigenvalue weighted by Crippen LogP contribution is -2.52. The standard InChI is InChI=1S/C14H28N2O/c1-5-12(6-2)11(4)16-14(17)13-9-7-8-10(3)15-13/h10-13,15H,5-9H2,1-4H3,(H,16,17). The highest BCUT2D eigenvalue weighted by molar-refractivity contribution is 5.82. The molecule has 1 rings (SSSR count).